The third-order valence-electron chi connectivity index (χ3n) is 5.31. The van der Waals surface area contributed by atoms with E-state index in [2.05, 4.69) is 14.8 Å². The van der Waals surface area contributed by atoms with E-state index in [0.29, 0.717) is 5.69 Å². The summed E-state index contributed by atoms with van der Waals surface area (Å²) in [6.07, 6.45) is 3.10. The van der Waals surface area contributed by atoms with Gasteiger partial charge in [-0.1, -0.05) is 0 Å². The van der Waals surface area contributed by atoms with Crippen molar-refractivity contribution in [3.63, 3.8) is 0 Å². The van der Waals surface area contributed by atoms with Crippen LogP contribution in [0.2, 0.25) is 0 Å². The molecule has 10 nitrogen and oxygen atoms in total. The van der Waals surface area contributed by atoms with Crippen LogP contribution in [-0.2, 0) is 22.6 Å². The van der Waals surface area contributed by atoms with E-state index in [0.717, 1.165) is 73.2 Å². The lowest BCUT2D eigenvalue weighted by Gasteiger charge is -2.26. The molecule has 10 heteroatoms. The van der Waals surface area contributed by atoms with Gasteiger partial charge in [-0.25, -0.2) is 0 Å². The van der Waals surface area contributed by atoms with Gasteiger partial charge in [0.1, 0.15) is 6.54 Å². The maximum atomic E-state index is 12.4. The van der Waals surface area contributed by atoms with Crippen molar-refractivity contribution in [2.24, 2.45) is 0 Å². The van der Waals surface area contributed by atoms with Crippen LogP contribution in [-0.4, -0.2) is 57.7 Å². The number of carbonyl (C=O) groups excluding carboxylic acids is 1. The lowest BCUT2D eigenvalue weighted by atomic mass is 10.2. The first kappa shape index (κ1) is 20.8. The van der Waals surface area contributed by atoms with Crippen molar-refractivity contribution in [3.8, 4) is 0 Å². The number of fused-ring (bicyclic) bond motifs is 1. The van der Waals surface area contributed by atoms with Gasteiger partial charge in [-0.15, -0.1) is 0 Å². The Bertz CT molecular complexity index is 1160. The predicted molar refractivity (Wildman–Crippen MR) is 115 cm³/mol. The third kappa shape index (κ3) is 4.98. The molecule has 0 unspecified atom stereocenters. The Morgan fingerprint density at radius 2 is 1.90 bits per heavy atom. The van der Waals surface area contributed by atoms with Crippen LogP contribution in [0, 0.1) is 10.1 Å². The summed E-state index contributed by atoms with van der Waals surface area (Å²) in [6, 6.07) is 9.82. The second-order valence-corrected chi connectivity index (χ2v) is 7.40. The molecular formula is C21H23N5O5. The van der Waals surface area contributed by atoms with Crippen LogP contribution in [0.15, 0.2) is 53.6 Å². The van der Waals surface area contributed by atoms with Gasteiger partial charge in [0, 0.05) is 61.1 Å². The zero-order chi connectivity index (χ0) is 21.8. The lowest BCUT2D eigenvalue weighted by molar-refractivity contribution is -0.385. The Morgan fingerprint density at radius 3 is 2.68 bits per heavy atom. The normalized spacial score (nSPS) is 14.6. The number of hydrogen-bond donors (Lipinski definition) is 1. The quantitative estimate of drug-likeness (QED) is 0.455. The highest BCUT2D eigenvalue weighted by atomic mass is 16.6. The number of amides is 1. The standard InChI is InChI=1S/C21H23N5O5/c27-20(15-25-14-18(26(29)30)2-4-21(25)28)22-17-1-3-19-16(13-17)5-6-24(19)8-7-23-9-11-31-12-10-23/h1-6,13-14H,7-12,15H2,(H,22,27). The van der Waals surface area contributed by atoms with E-state index in [9.17, 15) is 19.7 Å². The molecule has 31 heavy (non-hydrogen) atoms. The number of nitro groups is 1. The third-order valence-corrected chi connectivity index (χ3v) is 5.31. The van der Waals surface area contributed by atoms with Gasteiger partial charge in [-0.3, -0.25) is 29.2 Å². The Hall–Kier alpha value is -3.50. The molecule has 162 valence electrons. The minimum Gasteiger partial charge on any atom is -0.379 e. The first-order valence-electron chi connectivity index (χ1n) is 10.0. The number of nitrogens with zero attached hydrogens (tertiary/aromatic N) is 4. The van der Waals surface area contributed by atoms with Gasteiger partial charge in [-0.05, 0) is 24.3 Å². The second kappa shape index (κ2) is 9.11. The summed E-state index contributed by atoms with van der Waals surface area (Å²) < 4.78 is 8.58. The smallest absolute Gasteiger partial charge is 0.285 e. The zero-order valence-corrected chi connectivity index (χ0v) is 16.9. The number of aromatic nitrogens is 2. The fourth-order valence-corrected chi connectivity index (χ4v) is 3.65. The molecule has 1 aliphatic rings. The Labute approximate surface area is 177 Å². The van der Waals surface area contributed by atoms with Gasteiger partial charge in [0.25, 0.3) is 11.2 Å². The average Bonchev–Trinajstić information content (AvgIpc) is 3.16. The number of benzene rings is 1. The van der Waals surface area contributed by atoms with Crippen molar-refractivity contribution >= 4 is 28.2 Å². The number of hydrogen-bond acceptors (Lipinski definition) is 6. The lowest BCUT2D eigenvalue weighted by Crippen LogP contribution is -2.38. The number of rotatable bonds is 7. The van der Waals surface area contributed by atoms with E-state index in [1.807, 2.05) is 30.5 Å². The Kier molecular flexibility index (Phi) is 6.10. The summed E-state index contributed by atoms with van der Waals surface area (Å²) in [7, 11) is 0. The molecule has 1 N–H and O–H groups in total. The summed E-state index contributed by atoms with van der Waals surface area (Å²) in [5.41, 5.74) is 0.948. The minimum absolute atomic E-state index is 0.243. The SMILES string of the molecule is O=C(Cn1cc([N+](=O)[O-])ccc1=O)Nc1ccc2c(ccn2CCN2CCOCC2)c1. The van der Waals surface area contributed by atoms with E-state index < -0.39 is 16.4 Å². The number of carbonyl (C=O) groups is 1. The fraction of sp³-hybridized carbons (Fsp3) is 0.333. The van der Waals surface area contributed by atoms with Gasteiger partial charge in [0.15, 0.2) is 0 Å². The van der Waals surface area contributed by atoms with E-state index in [4.69, 9.17) is 4.74 Å². The summed E-state index contributed by atoms with van der Waals surface area (Å²) in [5, 5.41) is 14.6. The topological polar surface area (TPSA) is 112 Å². The predicted octanol–water partition coefficient (Wildman–Crippen LogP) is 1.68. The summed E-state index contributed by atoms with van der Waals surface area (Å²) in [6.45, 7) is 4.95. The number of anilines is 1. The largest absolute Gasteiger partial charge is 0.379 e. The molecule has 1 amide bonds. The molecular weight excluding hydrogens is 402 g/mol. The highest BCUT2D eigenvalue weighted by Gasteiger charge is 2.13. The van der Waals surface area contributed by atoms with Crippen LogP contribution in [0.1, 0.15) is 0 Å². The first-order chi connectivity index (χ1) is 15.0. The number of ether oxygens (including phenoxy) is 1. The molecule has 0 saturated carbocycles. The van der Waals surface area contributed by atoms with Crippen molar-refractivity contribution < 1.29 is 14.5 Å². The Morgan fingerprint density at radius 1 is 1.10 bits per heavy atom. The molecule has 0 bridgehead atoms. The van der Waals surface area contributed by atoms with Crippen LogP contribution < -0.4 is 10.9 Å². The van der Waals surface area contributed by atoms with Crippen LogP contribution in [0.4, 0.5) is 11.4 Å². The van der Waals surface area contributed by atoms with Crippen LogP contribution in [0.25, 0.3) is 10.9 Å². The monoisotopic (exact) mass is 425 g/mol. The summed E-state index contributed by atoms with van der Waals surface area (Å²) in [4.78, 5) is 36.9. The van der Waals surface area contributed by atoms with E-state index in [1.54, 1.807) is 0 Å². The minimum atomic E-state index is -0.606. The fourth-order valence-electron chi connectivity index (χ4n) is 3.65. The van der Waals surface area contributed by atoms with E-state index in [-0.39, 0.29) is 12.2 Å². The second-order valence-electron chi connectivity index (χ2n) is 7.40. The zero-order valence-electron chi connectivity index (χ0n) is 16.9. The van der Waals surface area contributed by atoms with E-state index in [1.165, 1.54) is 0 Å². The summed E-state index contributed by atoms with van der Waals surface area (Å²) >= 11 is 0. The van der Waals surface area contributed by atoms with Crippen molar-refractivity contribution in [3.05, 3.63) is 69.3 Å². The molecule has 0 atom stereocenters. The molecule has 1 fully saturated rings. The maximum Gasteiger partial charge on any atom is 0.285 e. The van der Waals surface area contributed by atoms with Crippen molar-refractivity contribution in [1.82, 2.24) is 14.0 Å². The molecule has 2 aromatic heterocycles. The molecule has 0 radical (unpaired) electrons. The van der Waals surface area contributed by atoms with Gasteiger partial charge < -0.3 is 14.6 Å². The van der Waals surface area contributed by atoms with Crippen molar-refractivity contribution in [2.45, 2.75) is 13.1 Å². The van der Waals surface area contributed by atoms with Gasteiger partial charge in [0.05, 0.1) is 24.3 Å². The van der Waals surface area contributed by atoms with Gasteiger partial charge in [-0.2, -0.15) is 0 Å². The molecule has 0 spiro atoms. The first-order valence-corrected chi connectivity index (χ1v) is 10.0. The van der Waals surface area contributed by atoms with Gasteiger partial charge >= 0.3 is 0 Å². The van der Waals surface area contributed by atoms with Crippen LogP contribution in [0.3, 0.4) is 0 Å². The molecule has 1 aromatic carbocycles. The van der Waals surface area contributed by atoms with E-state index >= 15 is 0 Å². The van der Waals surface area contributed by atoms with Crippen LogP contribution >= 0.6 is 0 Å². The summed E-state index contributed by atoms with van der Waals surface area (Å²) in [5.74, 6) is -0.436. The van der Waals surface area contributed by atoms with Crippen molar-refractivity contribution in [2.75, 3.05) is 38.2 Å². The average molecular weight is 425 g/mol. The highest BCUT2D eigenvalue weighted by molar-refractivity contribution is 5.93. The molecule has 1 aliphatic heterocycles. The molecule has 3 aromatic rings. The molecule has 3 heterocycles. The molecule has 0 aliphatic carbocycles. The molecule has 1 saturated heterocycles. The van der Waals surface area contributed by atoms with Crippen molar-refractivity contribution in [1.29, 1.82) is 0 Å². The Balaban J connectivity index is 1.41. The molecule has 4 rings (SSSR count). The maximum absolute atomic E-state index is 12.4. The number of pyridine rings is 1. The van der Waals surface area contributed by atoms with Gasteiger partial charge in [0.2, 0.25) is 5.91 Å². The number of nitrogens with one attached hydrogen (secondary N) is 1. The number of morpholine rings is 1. The van der Waals surface area contributed by atoms with Crippen LogP contribution in [0.5, 0.6) is 0 Å². The highest BCUT2D eigenvalue weighted by Crippen LogP contribution is 2.21.